The largest absolute Gasteiger partial charge is 0.313 e. The fraction of sp³-hybridized carbons (Fsp3) is 1.00. The smallest absolute Gasteiger partial charge is 0.0223 e. The number of likely N-dealkylation sites (tertiary alicyclic amines) is 1. The number of nitrogens with zero attached hydrogens (tertiary/aromatic N) is 2. The van der Waals surface area contributed by atoms with Crippen molar-refractivity contribution in [3.05, 3.63) is 0 Å². The molecule has 0 bridgehead atoms. The fourth-order valence-electron chi connectivity index (χ4n) is 3.69. The molecule has 0 saturated carbocycles. The number of hydrogen-bond donors (Lipinski definition) is 1. The molecule has 2 rings (SSSR count). The molecular formula is C15H31N3. The lowest BCUT2D eigenvalue weighted by Gasteiger charge is -2.33. The first-order chi connectivity index (χ1) is 8.69. The second kappa shape index (κ2) is 6.88. The van der Waals surface area contributed by atoms with E-state index in [1.807, 2.05) is 0 Å². The first kappa shape index (κ1) is 14.3. The molecule has 0 aromatic rings. The van der Waals surface area contributed by atoms with Crippen molar-refractivity contribution in [1.29, 1.82) is 0 Å². The molecule has 0 aliphatic carbocycles. The lowest BCUT2D eigenvalue weighted by Crippen LogP contribution is -2.47. The molecule has 0 spiro atoms. The van der Waals surface area contributed by atoms with Gasteiger partial charge in [0.05, 0.1) is 0 Å². The van der Waals surface area contributed by atoms with Crippen LogP contribution in [-0.4, -0.2) is 61.7 Å². The molecule has 2 heterocycles. The van der Waals surface area contributed by atoms with Gasteiger partial charge in [0.2, 0.25) is 0 Å². The first-order valence-corrected chi connectivity index (χ1v) is 7.85. The quantitative estimate of drug-likeness (QED) is 0.806. The highest BCUT2D eigenvalue weighted by Crippen LogP contribution is 2.19. The number of piperidine rings is 1. The molecule has 18 heavy (non-hydrogen) atoms. The van der Waals surface area contributed by atoms with Gasteiger partial charge in [-0.1, -0.05) is 13.8 Å². The maximum Gasteiger partial charge on any atom is 0.0223 e. The average molecular weight is 253 g/mol. The normalized spacial score (nSPS) is 34.3. The van der Waals surface area contributed by atoms with Crippen LogP contribution in [0.5, 0.6) is 0 Å². The van der Waals surface area contributed by atoms with E-state index in [1.54, 1.807) is 0 Å². The highest BCUT2D eigenvalue weighted by molar-refractivity contribution is 4.83. The Morgan fingerprint density at radius 1 is 1.28 bits per heavy atom. The zero-order chi connectivity index (χ0) is 13.0. The Labute approximate surface area is 113 Å². The van der Waals surface area contributed by atoms with E-state index in [1.165, 1.54) is 58.4 Å². The Balaban J connectivity index is 1.72. The van der Waals surface area contributed by atoms with Crippen LogP contribution >= 0.6 is 0 Å². The van der Waals surface area contributed by atoms with Crippen molar-refractivity contribution in [2.24, 2.45) is 5.92 Å². The van der Waals surface area contributed by atoms with E-state index in [0.29, 0.717) is 0 Å². The average Bonchev–Trinajstić information content (AvgIpc) is 2.76. The van der Waals surface area contributed by atoms with E-state index in [4.69, 9.17) is 0 Å². The summed E-state index contributed by atoms with van der Waals surface area (Å²) in [7, 11) is 2.30. The Bertz CT molecular complexity index is 244. The van der Waals surface area contributed by atoms with Crippen LogP contribution < -0.4 is 5.32 Å². The van der Waals surface area contributed by atoms with Gasteiger partial charge in [-0.2, -0.15) is 0 Å². The first-order valence-electron chi connectivity index (χ1n) is 7.85. The number of nitrogens with one attached hydrogen (secondary N) is 1. The van der Waals surface area contributed by atoms with E-state index in [2.05, 4.69) is 36.0 Å². The monoisotopic (exact) mass is 253 g/mol. The minimum Gasteiger partial charge on any atom is -0.313 e. The van der Waals surface area contributed by atoms with Crippen LogP contribution in [0.4, 0.5) is 0 Å². The molecule has 0 amide bonds. The second-order valence-electron chi connectivity index (χ2n) is 6.43. The van der Waals surface area contributed by atoms with E-state index < -0.39 is 0 Å². The molecule has 2 saturated heterocycles. The minimum atomic E-state index is 0.718. The SMILES string of the molecule is CCN1CCCC1CN(C)CC1CC(C)CCN1. The number of hydrogen-bond acceptors (Lipinski definition) is 3. The Morgan fingerprint density at radius 2 is 2.11 bits per heavy atom. The van der Waals surface area contributed by atoms with Gasteiger partial charge in [0, 0.05) is 25.2 Å². The highest BCUT2D eigenvalue weighted by Gasteiger charge is 2.25. The third kappa shape index (κ3) is 3.94. The fourth-order valence-corrected chi connectivity index (χ4v) is 3.69. The van der Waals surface area contributed by atoms with Gasteiger partial charge in [-0.3, -0.25) is 4.90 Å². The topological polar surface area (TPSA) is 18.5 Å². The molecule has 3 unspecified atom stereocenters. The molecule has 0 radical (unpaired) electrons. The second-order valence-corrected chi connectivity index (χ2v) is 6.43. The van der Waals surface area contributed by atoms with Gasteiger partial charge in [0.25, 0.3) is 0 Å². The molecule has 2 fully saturated rings. The Kier molecular flexibility index (Phi) is 5.46. The number of likely N-dealkylation sites (N-methyl/N-ethyl adjacent to an activating group) is 2. The minimum absolute atomic E-state index is 0.718. The van der Waals surface area contributed by atoms with Gasteiger partial charge in [-0.05, 0) is 58.3 Å². The van der Waals surface area contributed by atoms with Crippen molar-refractivity contribution >= 4 is 0 Å². The van der Waals surface area contributed by atoms with Crippen LogP contribution in [0.3, 0.4) is 0 Å². The summed E-state index contributed by atoms with van der Waals surface area (Å²) in [6, 6.07) is 1.52. The third-order valence-electron chi connectivity index (χ3n) is 4.72. The zero-order valence-electron chi connectivity index (χ0n) is 12.5. The van der Waals surface area contributed by atoms with Crippen molar-refractivity contribution in [2.45, 2.75) is 51.6 Å². The van der Waals surface area contributed by atoms with Crippen molar-refractivity contribution in [3.8, 4) is 0 Å². The lowest BCUT2D eigenvalue weighted by molar-refractivity contribution is 0.175. The molecule has 106 valence electrons. The van der Waals surface area contributed by atoms with E-state index >= 15 is 0 Å². The predicted octanol–water partition coefficient (Wildman–Crippen LogP) is 1.79. The van der Waals surface area contributed by atoms with Crippen LogP contribution in [0.25, 0.3) is 0 Å². The highest BCUT2D eigenvalue weighted by atomic mass is 15.2. The lowest BCUT2D eigenvalue weighted by atomic mass is 9.94. The molecule has 2 aliphatic rings. The van der Waals surface area contributed by atoms with E-state index in [0.717, 1.165) is 18.0 Å². The summed E-state index contributed by atoms with van der Waals surface area (Å²) in [5.74, 6) is 0.906. The molecule has 1 N–H and O–H groups in total. The maximum absolute atomic E-state index is 3.68. The summed E-state index contributed by atoms with van der Waals surface area (Å²) < 4.78 is 0. The Morgan fingerprint density at radius 3 is 2.83 bits per heavy atom. The predicted molar refractivity (Wildman–Crippen MR) is 78.0 cm³/mol. The van der Waals surface area contributed by atoms with Crippen LogP contribution in [0.2, 0.25) is 0 Å². The molecule has 3 atom stereocenters. The van der Waals surface area contributed by atoms with Gasteiger partial charge < -0.3 is 10.2 Å². The third-order valence-corrected chi connectivity index (χ3v) is 4.72. The van der Waals surface area contributed by atoms with Gasteiger partial charge in [0.15, 0.2) is 0 Å². The summed E-state index contributed by atoms with van der Waals surface area (Å²) in [4.78, 5) is 5.20. The summed E-state index contributed by atoms with van der Waals surface area (Å²) in [6.07, 6.45) is 5.50. The van der Waals surface area contributed by atoms with Crippen LogP contribution in [0, 0.1) is 5.92 Å². The maximum atomic E-state index is 3.68. The van der Waals surface area contributed by atoms with Crippen LogP contribution in [0.15, 0.2) is 0 Å². The van der Waals surface area contributed by atoms with Gasteiger partial charge in [-0.15, -0.1) is 0 Å². The molecular weight excluding hydrogens is 222 g/mol. The summed E-state index contributed by atoms with van der Waals surface area (Å²) in [5, 5.41) is 3.68. The van der Waals surface area contributed by atoms with Gasteiger partial charge >= 0.3 is 0 Å². The van der Waals surface area contributed by atoms with Crippen LogP contribution in [-0.2, 0) is 0 Å². The molecule has 3 nitrogen and oxygen atoms in total. The van der Waals surface area contributed by atoms with Gasteiger partial charge in [-0.25, -0.2) is 0 Å². The number of rotatable bonds is 5. The molecule has 3 heteroatoms. The van der Waals surface area contributed by atoms with Crippen molar-refractivity contribution in [1.82, 2.24) is 15.1 Å². The van der Waals surface area contributed by atoms with Crippen molar-refractivity contribution in [2.75, 3.05) is 39.8 Å². The molecule has 0 aromatic heterocycles. The molecule has 2 aliphatic heterocycles. The van der Waals surface area contributed by atoms with Crippen molar-refractivity contribution in [3.63, 3.8) is 0 Å². The van der Waals surface area contributed by atoms with E-state index in [9.17, 15) is 0 Å². The summed E-state index contributed by atoms with van der Waals surface area (Å²) in [6.45, 7) is 10.9. The summed E-state index contributed by atoms with van der Waals surface area (Å²) in [5.41, 5.74) is 0. The Hall–Kier alpha value is -0.120. The van der Waals surface area contributed by atoms with Crippen molar-refractivity contribution < 1.29 is 0 Å². The summed E-state index contributed by atoms with van der Waals surface area (Å²) >= 11 is 0. The van der Waals surface area contributed by atoms with Crippen LogP contribution in [0.1, 0.15) is 39.5 Å². The standard InChI is InChI=1S/C15H31N3/c1-4-18-9-5-6-15(18)12-17(3)11-14-10-13(2)7-8-16-14/h13-16H,4-12H2,1-3H3. The van der Waals surface area contributed by atoms with Gasteiger partial charge in [0.1, 0.15) is 0 Å². The molecule has 0 aromatic carbocycles. The zero-order valence-corrected chi connectivity index (χ0v) is 12.5. The van der Waals surface area contributed by atoms with E-state index in [-0.39, 0.29) is 0 Å².